The summed E-state index contributed by atoms with van der Waals surface area (Å²) in [4.78, 5) is 17.2. The van der Waals surface area contributed by atoms with E-state index in [-0.39, 0.29) is 12.5 Å². The molecule has 1 N–H and O–H groups in total. The first-order valence-corrected chi connectivity index (χ1v) is 9.43. The zero-order valence-corrected chi connectivity index (χ0v) is 16.6. The second-order valence-corrected chi connectivity index (χ2v) is 7.13. The topological polar surface area (TPSA) is 73.0 Å². The number of nitrogens with zero attached hydrogens (tertiary/aromatic N) is 3. The molecule has 0 aliphatic rings. The van der Waals surface area contributed by atoms with Gasteiger partial charge in [0.15, 0.2) is 0 Å². The fourth-order valence-corrected chi connectivity index (χ4v) is 3.49. The largest absolute Gasteiger partial charge is 0.334 e. The van der Waals surface area contributed by atoms with Crippen LogP contribution in [0, 0.1) is 20.8 Å². The molecule has 4 rings (SSSR count). The molecule has 0 unspecified atom stereocenters. The molecule has 2 aromatic carbocycles. The number of amides is 1. The first kappa shape index (κ1) is 18.7. The van der Waals surface area contributed by atoms with E-state index in [1.165, 1.54) is 5.56 Å². The lowest BCUT2D eigenvalue weighted by Crippen LogP contribution is -2.20. The molecule has 0 aliphatic heterocycles. The Morgan fingerprint density at radius 1 is 1.03 bits per heavy atom. The van der Waals surface area contributed by atoms with Crippen LogP contribution in [0.1, 0.15) is 16.7 Å². The van der Waals surface area contributed by atoms with Gasteiger partial charge in [-0.1, -0.05) is 53.2 Å². The van der Waals surface area contributed by atoms with E-state index < -0.39 is 0 Å². The smallest absolute Gasteiger partial charge is 0.274 e. The minimum absolute atomic E-state index is 0.111. The minimum Gasteiger partial charge on any atom is -0.334 e. The second-order valence-electron chi connectivity index (χ2n) is 7.13. The van der Waals surface area contributed by atoms with Gasteiger partial charge < -0.3 is 14.4 Å². The van der Waals surface area contributed by atoms with Gasteiger partial charge in [0.1, 0.15) is 12.2 Å². The summed E-state index contributed by atoms with van der Waals surface area (Å²) in [7, 11) is 0. The van der Waals surface area contributed by atoms with Crippen LogP contribution in [-0.4, -0.2) is 20.6 Å². The summed E-state index contributed by atoms with van der Waals surface area (Å²) in [6, 6.07) is 17.5. The van der Waals surface area contributed by atoms with Gasteiger partial charge in [-0.3, -0.25) is 4.79 Å². The van der Waals surface area contributed by atoms with Crippen molar-refractivity contribution in [3.63, 3.8) is 0 Å². The van der Waals surface area contributed by atoms with Gasteiger partial charge in [-0.25, -0.2) is 0 Å². The molecule has 2 aromatic heterocycles. The van der Waals surface area contributed by atoms with E-state index in [1.807, 2.05) is 69.4 Å². The normalized spacial score (nSPS) is 10.9. The van der Waals surface area contributed by atoms with E-state index in [0.717, 1.165) is 22.4 Å². The van der Waals surface area contributed by atoms with Crippen molar-refractivity contribution < 1.29 is 9.32 Å². The third-order valence-electron chi connectivity index (χ3n) is 4.76. The Bertz CT molecular complexity index is 1140. The molecular weight excluding hydrogens is 364 g/mol. The van der Waals surface area contributed by atoms with E-state index >= 15 is 0 Å². The third kappa shape index (κ3) is 3.96. The van der Waals surface area contributed by atoms with Crippen molar-refractivity contribution in [2.45, 2.75) is 27.3 Å². The standard InChI is InChI=1S/C23H22N4O2/c1-15-12-16(2)21(17(3)13-15)24-20(28)14-27-11-7-10-19(27)23-25-22(26-29-23)18-8-5-4-6-9-18/h4-13H,14H2,1-3H3,(H,24,28). The number of aryl methyl sites for hydroxylation is 3. The van der Waals surface area contributed by atoms with E-state index in [0.29, 0.717) is 17.4 Å². The van der Waals surface area contributed by atoms with Crippen LogP contribution in [0.15, 0.2) is 65.3 Å². The van der Waals surface area contributed by atoms with Crippen LogP contribution in [0.5, 0.6) is 0 Å². The highest BCUT2D eigenvalue weighted by molar-refractivity contribution is 5.92. The lowest BCUT2D eigenvalue weighted by atomic mass is 10.1. The van der Waals surface area contributed by atoms with Crippen molar-refractivity contribution in [2.75, 3.05) is 5.32 Å². The number of hydrogen-bond donors (Lipinski definition) is 1. The van der Waals surface area contributed by atoms with Crippen molar-refractivity contribution >= 4 is 11.6 Å². The highest BCUT2D eigenvalue weighted by Crippen LogP contribution is 2.24. The van der Waals surface area contributed by atoms with Crippen molar-refractivity contribution in [3.8, 4) is 23.0 Å². The van der Waals surface area contributed by atoms with E-state index in [9.17, 15) is 4.79 Å². The van der Waals surface area contributed by atoms with Gasteiger partial charge in [-0.15, -0.1) is 0 Å². The number of carbonyl (C=O) groups is 1. The molecule has 6 nitrogen and oxygen atoms in total. The first-order valence-electron chi connectivity index (χ1n) is 9.43. The fraction of sp³-hybridized carbons (Fsp3) is 0.174. The molecule has 0 radical (unpaired) electrons. The first-order chi connectivity index (χ1) is 14.0. The van der Waals surface area contributed by atoms with Crippen molar-refractivity contribution in [2.24, 2.45) is 0 Å². The average molecular weight is 386 g/mol. The predicted octanol–water partition coefficient (Wildman–Crippen LogP) is 4.77. The molecule has 1 amide bonds. The molecule has 29 heavy (non-hydrogen) atoms. The van der Waals surface area contributed by atoms with Gasteiger partial charge in [0, 0.05) is 17.4 Å². The Kier molecular flexibility index (Phi) is 4.99. The fourth-order valence-electron chi connectivity index (χ4n) is 3.49. The molecule has 0 aliphatic carbocycles. The maximum Gasteiger partial charge on any atom is 0.274 e. The third-order valence-corrected chi connectivity index (χ3v) is 4.76. The number of aromatic nitrogens is 3. The van der Waals surface area contributed by atoms with Crippen LogP contribution in [0.25, 0.3) is 23.0 Å². The lowest BCUT2D eigenvalue weighted by molar-refractivity contribution is -0.116. The van der Waals surface area contributed by atoms with Gasteiger partial charge >= 0.3 is 0 Å². The zero-order chi connectivity index (χ0) is 20.4. The van der Waals surface area contributed by atoms with Crippen LogP contribution < -0.4 is 5.32 Å². The highest BCUT2D eigenvalue weighted by atomic mass is 16.5. The molecule has 6 heteroatoms. The molecule has 146 valence electrons. The molecule has 0 saturated heterocycles. The quantitative estimate of drug-likeness (QED) is 0.536. The van der Waals surface area contributed by atoms with Crippen molar-refractivity contribution in [3.05, 3.63) is 77.5 Å². The van der Waals surface area contributed by atoms with Gasteiger partial charge in [-0.05, 0) is 44.0 Å². The number of nitrogens with one attached hydrogen (secondary N) is 1. The zero-order valence-electron chi connectivity index (χ0n) is 16.6. The number of anilines is 1. The summed E-state index contributed by atoms with van der Waals surface area (Å²) in [6.45, 7) is 6.20. The Labute approximate surface area is 169 Å². The number of hydrogen-bond acceptors (Lipinski definition) is 4. The summed E-state index contributed by atoms with van der Waals surface area (Å²) in [6.07, 6.45) is 1.83. The monoisotopic (exact) mass is 386 g/mol. The maximum atomic E-state index is 12.7. The Hall–Kier alpha value is -3.67. The Morgan fingerprint density at radius 2 is 1.76 bits per heavy atom. The molecular formula is C23H22N4O2. The maximum absolute atomic E-state index is 12.7. The van der Waals surface area contributed by atoms with Gasteiger partial charge in [-0.2, -0.15) is 4.98 Å². The summed E-state index contributed by atoms with van der Waals surface area (Å²) < 4.78 is 7.24. The molecule has 4 aromatic rings. The highest BCUT2D eigenvalue weighted by Gasteiger charge is 2.16. The lowest BCUT2D eigenvalue weighted by Gasteiger charge is -2.13. The Morgan fingerprint density at radius 3 is 2.48 bits per heavy atom. The number of rotatable bonds is 5. The molecule has 0 spiro atoms. The number of carbonyl (C=O) groups excluding carboxylic acids is 1. The van der Waals surface area contributed by atoms with Gasteiger partial charge in [0.25, 0.3) is 5.89 Å². The van der Waals surface area contributed by atoms with Crippen LogP contribution in [0.3, 0.4) is 0 Å². The van der Waals surface area contributed by atoms with Crippen LogP contribution in [0.4, 0.5) is 5.69 Å². The van der Waals surface area contributed by atoms with E-state index in [4.69, 9.17) is 4.52 Å². The Balaban J connectivity index is 1.53. The summed E-state index contributed by atoms with van der Waals surface area (Å²) in [5.74, 6) is 0.786. The molecule has 0 bridgehead atoms. The predicted molar refractivity (Wildman–Crippen MR) is 112 cm³/mol. The summed E-state index contributed by atoms with van der Waals surface area (Å²) >= 11 is 0. The number of benzene rings is 2. The van der Waals surface area contributed by atoms with Crippen LogP contribution in [-0.2, 0) is 11.3 Å². The molecule has 0 saturated carbocycles. The molecule has 0 atom stereocenters. The SMILES string of the molecule is Cc1cc(C)c(NC(=O)Cn2cccc2-c2nc(-c3ccccc3)no2)c(C)c1. The van der Waals surface area contributed by atoms with Gasteiger partial charge in [0.05, 0.1) is 0 Å². The van der Waals surface area contributed by atoms with E-state index in [1.54, 1.807) is 4.57 Å². The summed E-state index contributed by atoms with van der Waals surface area (Å²) in [5.41, 5.74) is 5.71. The molecule has 0 fully saturated rings. The summed E-state index contributed by atoms with van der Waals surface area (Å²) in [5, 5.41) is 7.09. The minimum atomic E-state index is -0.111. The van der Waals surface area contributed by atoms with Crippen molar-refractivity contribution in [1.29, 1.82) is 0 Å². The average Bonchev–Trinajstić information content (AvgIpc) is 3.34. The second kappa shape index (κ2) is 7.75. The van der Waals surface area contributed by atoms with Crippen molar-refractivity contribution in [1.82, 2.24) is 14.7 Å². The van der Waals surface area contributed by atoms with Gasteiger partial charge in [0.2, 0.25) is 11.7 Å². The van der Waals surface area contributed by atoms with E-state index in [2.05, 4.69) is 27.6 Å². The van der Waals surface area contributed by atoms with Crippen LogP contribution in [0.2, 0.25) is 0 Å². The van der Waals surface area contributed by atoms with Crippen LogP contribution >= 0.6 is 0 Å². The molecule has 2 heterocycles.